The number of benzene rings is 2. The van der Waals surface area contributed by atoms with Gasteiger partial charge in [0.05, 0.1) is 0 Å². The van der Waals surface area contributed by atoms with E-state index in [1.54, 1.807) is 24.3 Å². The summed E-state index contributed by atoms with van der Waals surface area (Å²) in [5.41, 5.74) is 7.13. The van der Waals surface area contributed by atoms with Crippen molar-refractivity contribution in [3.05, 3.63) is 57.6 Å². The molecule has 3 heteroatoms. The summed E-state index contributed by atoms with van der Waals surface area (Å²) in [5.74, 6) is 0.723. The van der Waals surface area contributed by atoms with Gasteiger partial charge in [-0.05, 0) is 99.2 Å². The first kappa shape index (κ1) is 19.9. The molecule has 2 aromatic rings. The van der Waals surface area contributed by atoms with E-state index >= 15 is 0 Å². The van der Waals surface area contributed by atoms with Crippen molar-refractivity contribution >= 4 is 0 Å². The van der Waals surface area contributed by atoms with Crippen LogP contribution < -0.4 is 0 Å². The van der Waals surface area contributed by atoms with Crippen molar-refractivity contribution in [1.29, 1.82) is 0 Å². The fourth-order valence-corrected chi connectivity index (χ4v) is 2.03. The van der Waals surface area contributed by atoms with Gasteiger partial charge < -0.3 is 10.2 Å². The van der Waals surface area contributed by atoms with Crippen molar-refractivity contribution in [2.75, 3.05) is 0 Å². The van der Waals surface area contributed by atoms with Gasteiger partial charge in [0.15, 0.2) is 0 Å². The normalized spacial score (nSPS) is 9.43. The van der Waals surface area contributed by atoms with E-state index in [9.17, 15) is 0 Å². The molecule has 0 aliphatic carbocycles. The minimum atomic E-state index is 0. The van der Waals surface area contributed by atoms with Gasteiger partial charge in [-0.1, -0.05) is 0 Å². The average molecular weight is 364 g/mol. The molecule has 2 N–H and O–H groups in total. The Morgan fingerprint density at radius 1 is 0.524 bits per heavy atom. The van der Waals surface area contributed by atoms with Crippen LogP contribution in [0.4, 0.5) is 0 Å². The van der Waals surface area contributed by atoms with Crippen LogP contribution in [0.25, 0.3) is 0 Å². The van der Waals surface area contributed by atoms with Crippen LogP contribution in [0.2, 0.25) is 0 Å². The van der Waals surface area contributed by atoms with E-state index in [0.29, 0.717) is 11.5 Å². The van der Waals surface area contributed by atoms with Gasteiger partial charge in [0.2, 0.25) is 0 Å². The molecule has 0 heterocycles. The maximum Gasteiger partial charge on any atom is 0.116 e. The summed E-state index contributed by atoms with van der Waals surface area (Å²) in [4.78, 5) is 0. The third kappa shape index (κ3) is 5.67. The summed E-state index contributed by atoms with van der Waals surface area (Å²) in [7, 11) is 0. The monoisotopic (exact) mass is 362 g/mol. The minimum absolute atomic E-state index is 0. The molecule has 0 aliphatic rings. The summed E-state index contributed by atoms with van der Waals surface area (Å²) in [6, 6.07) is 7.12. The zero-order valence-corrected chi connectivity index (χ0v) is 16.2. The van der Waals surface area contributed by atoms with E-state index in [2.05, 4.69) is 13.8 Å². The molecule has 0 bridgehead atoms. The van der Waals surface area contributed by atoms with Crippen molar-refractivity contribution in [2.45, 2.75) is 41.5 Å². The molecule has 0 unspecified atom stereocenters. The van der Waals surface area contributed by atoms with Crippen molar-refractivity contribution in [1.82, 2.24) is 0 Å². The average Bonchev–Trinajstić information content (AvgIpc) is 2.33. The molecule has 112 valence electrons. The van der Waals surface area contributed by atoms with Crippen LogP contribution >= 0.6 is 0 Å². The minimum Gasteiger partial charge on any atom is -0.508 e. The molecule has 0 atom stereocenters. The number of phenols is 2. The SMILES string of the molecule is Cc1cc(O)cc(C)c1C.Cc1cc(O)cc(C)c1C.[Zr]. The van der Waals surface area contributed by atoms with E-state index in [4.69, 9.17) is 10.2 Å². The van der Waals surface area contributed by atoms with Gasteiger partial charge in [0, 0.05) is 26.2 Å². The van der Waals surface area contributed by atoms with Crippen LogP contribution in [0, 0.1) is 41.5 Å². The van der Waals surface area contributed by atoms with Crippen LogP contribution in [0.5, 0.6) is 11.5 Å². The van der Waals surface area contributed by atoms with Gasteiger partial charge in [-0.3, -0.25) is 0 Å². The van der Waals surface area contributed by atoms with Crippen LogP contribution in [0.3, 0.4) is 0 Å². The van der Waals surface area contributed by atoms with Gasteiger partial charge in [0.25, 0.3) is 0 Å². The quantitative estimate of drug-likeness (QED) is 0.716. The van der Waals surface area contributed by atoms with Crippen molar-refractivity contribution < 1.29 is 36.4 Å². The molecule has 0 fully saturated rings. The van der Waals surface area contributed by atoms with Crippen LogP contribution in [-0.4, -0.2) is 10.2 Å². The van der Waals surface area contributed by atoms with Crippen molar-refractivity contribution in [3.8, 4) is 11.5 Å². The zero-order valence-electron chi connectivity index (χ0n) is 13.7. The molecular weight excluding hydrogens is 339 g/mol. The largest absolute Gasteiger partial charge is 0.508 e. The number of aromatic hydroxyl groups is 2. The molecule has 0 saturated carbocycles. The maximum atomic E-state index is 9.12. The maximum absolute atomic E-state index is 9.12. The third-order valence-corrected chi connectivity index (χ3v) is 3.82. The second-order valence-electron chi connectivity index (χ2n) is 5.41. The molecule has 2 rings (SSSR count). The number of phenolic OH excluding ortho intramolecular Hbond substituents is 2. The first-order valence-electron chi connectivity index (χ1n) is 6.76. The molecule has 0 aliphatic heterocycles. The summed E-state index contributed by atoms with van der Waals surface area (Å²) >= 11 is 0. The second-order valence-corrected chi connectivity index (χ2v) is 5.41. The number of hydrogen-bond acceptors (Lipinski definition) is 2. The summed E-state index contributed by atoms with van der Waals surface area (Å²) in [6.45, 7) is 12.1. The van der Waals surface area contributed by atoms with E-state index < -0.39 is 0 Å². The Bertz CT molecular complexity index is 517. The Balaban J connectivity index is 0.000000364. The Morgan fingerprint density at radius 3 is 0.905 bits per heavy atom. The number of rotatable bonds is 0. The summed E-state index contributed by atoms with van der Waals surface area (Å²) < 4.78 is 0. The van der Waals surface area contributed by atoms with E-state index in [-0.39, 0.29) is 26.2 Å². The summed E-state index contributed by atoms with van der Waals surface area (Å²) in [6.07, 6.45) is 0. The fraction of sp³-hybridized carbons (Fsp3) is 0.333. The van der Waals surface area contributed by atoms with Gasteiger partial charge in [-0.15, -0.1) is 0 Å². The summed E-state index contributed by atoms with van der Waals surface area (Å²) in [5, 5.41) is 18.2. The Morgan fingerprint density at radius 2 is 0.714 bits per heavy atom. The Hall–Kier alpha value is -1.08. The topological polar surface area (TPSA) is 40.5 Å². The molecule has 0 radical (unpaired) electrons. The van der Waals surface area contributed by atoms with Gasteiger partial charge in [-0.25, -0.2) is 0 Å². The zero-order chi connectivity index (χ0) is 15.4. The Kier molecular flexibility index (Phi) is 7.96. The molecule has 2 aromatic carbocycles. The van der Waals surface area contributed by atoms with Crippen LogP contribution in [-0.2, 0) is 26.2 Å². The van der Waals surface area contributed by atoms with E-state index in [0.717, 1.165) is 22.3 Å². The van der Waals surface area contributed by atoms with Gasteiger partial charge >= 0.3 is 0 Å². The second kappa shape index (κ2) is 8.39. The van der Waals surface area contributed by atoms with Gasteiger partial charge in [-0.2, -0.15) is 0 Å². The van der Waals surface area contributed by atoms with E-state index in [1.165, 1.54) is 11.1 Å². The molecule has 0 spiro atoms. The molecular formula is C18H24O2Zr. The van der Waals surface area contributed by atoms with Crippen LogP contribution in [0.15, 0.2) is 24.3 Å². The van der Waals surface area contributed by atoms with Crippen LogP contribution in [0.1, 0.15) is 33.4 Å². The standard InChI is InChI=1S/2C9H12O.Zr/c2*1-6-4-9(10)5-7(2)8(6)3;/h2*4-5,10H,1-3H3;. The molecule has 21 heavy (non-hydrogen) atoms. The smallest absolute Gasteiger partial charge is 0.116 e. The molecule has 0 aromatic heterocycles. The Labute approximate surface area is 147 Å². The predicted octanol–water partition coefficient (Wildman–Crippen LogP) is 4.63. The van der Waals surface area contributed by atoms with E-state index in [1.807, 2.05) is 27.7 Å². The third-order valence-electron chi connectivity index (χ3n) is 3.82. The first-order chi connectivity index (χ1) is 9.22. The fourth-order valence-electron chi connectivity index (χ4n) is 2.03. The molecule has 2 nitrogen and oxygen atoms in total. The molecule has 0 saturated heterocycles. The van der Waals surface area contributed by atoms with Crippen molar-refractivity contribution in [2.24, 2.45) is 0 Å². The van der Waals surface area contributed by atoms with Gasteiger partial charge in [0.1, 0.15) is 11.5 Å². The number of aryl methyl sites for hydroxylation is 4. The van der Waals surface area contributed by atoms with Crippen molar-refractivity contribution in [3.63, 3.8) is 0 Å². The first-order valence-corrected chi connectivity index (χ1v) is 6.76. The predicted molar refractivity (Wildman–Crippen MR) is 84.6 cm³/mol. The molecule has 0 amide bonds. The number of hydrogen-bond donors (Lipinski definition) is 2.